The van der Waals surface area contributed by atoms with Crippen LogP contribution in [0.15, 0.2) is 0 Å². The minimum Gasteiger partial charge on any atom is -0.462 e. The van der Waals surface area contributed by atoms with E-state index >= 15 is 0 Å². The molecular weight excluding hydrogens is 1340 g/mol. The van der Waals surface area contributed by atoms with Gasteiger partial charge in [0.25, 0.3) is 0 Å². The highest BCUT2D eigenvalue weighted by molar-refractivity contribution is 7.47. The molecule has 0 aliphatic rings. The highest BCUT2D eigenvalue weighted by atomic mass is 31.2. The summed E-state index contributed by atoms with van der Waals surface area (Å²) in [5.41, 5.74) is 0. The zero-order valence-electron chi connectivity index (χ0n) is 67.8. The van der Waals surface area contributed by atoms with E-state index in [4.69, 9.17) is 37.0 Å². The van der Waals surface area contributed by atoms with Crippen LogP contribution in [0, 0.1) is 17.8 Å². The highest BCUT2D eigenvalue weighted by Gasteiger charge is 2.30. The maximum Gasteiger partial charge on any atom is 0.472 e. The Bertz CT molecular complexity index is 1990. The first-order chi connectivity index (χ1) is 49.7. The number of hydrogen-bond donors (Lipinski definition) is 3. The number of carbonyl (C=O) groups excluding carboxylic acids is 4. The summed E-state index contributed by atoms with van der Waals surface area (Å²) in [6.45, 7) is 11.9. The Hall–Kier alpha value is -1.94. The molecule has 0 aromatic carbocycles. The van der Waals surface area contributed by atoms with Crippen molar-refractivity contribution in [2.24, 2.45) is 17.8 Å². The van der Waals surface area contributed by atoms with E-state index in [1.165, 1.54) is 244 Å². The summed E-state index contributed by atoms with van der Waals surface area (Å²) in [6.07, 6.45) is 64.1. The molecular formula is C84H164O17P2. The predicted molar refractivity (Wildman–Crippen MR) is 423 cm³/mol. The number of unbranched alkanes of at least 4 members (excludes halogenated alkanes) is 50. The molecule has 0 aromatic heterocycles. The molecule has 0 aliphatic heterocycles. The van der Waals surface area contributed by atoms with E-state index in [1.807, 2.05) is 0 Å². The average Bonchev–Trinajstić information content (AvgIpc) is 0.913. The molecule has 612 valence electrons. The third-order valence-corrected chi connectivity index (χ3v) is 21.5. The van der Waals surface area contributed by atoms with Crippen molar-refractivity contribution in [3.63, 3.8) is 0 Å². The molecule has 3 N–H and O–H groups in total. The SMILES string of the molecule is CCCCCCCCCCCCCCCCCCCCC(=O)OC[C@H](COP(=O)(O)OC[C@@H](O)COP(=O)(O)OC[C@@H](COC(=O)CCCCCCCCC(C)C)OC(=O)CCCCCCCCCCCCCCC(C)C)OC(=O)CCCCCCCCCCCCCCCCCCCCC(C)C. The van der Waals surface area contributed by atoms with Crippen molar-refractivity contribution in [2.45, 2.75) is 458 Å². The van der Waals surface area contributed by atoms with Crippen LogP contribution in [-0.2, 0) is 65.4 Å². The summed E-state index contributed by atoms with van der Waals surface area (Å²) < 4.78 is 68.8. The molecule has 0 saturated heterocycles. The van der Waals surface area contributed by atoms with Gasteiger partial charge < -0.3 is 33.8 Å². The van der Waals surface area contributed by atoms with Gasteiger partial charge in [0, 0.05) is 25.7 Å². The standard InChI is InChI=1S/C84H164O17P2/c1-8-9-10-11-12-13-14-15-16-17-21-24-27-33-38-43-51-58-65-81(86)94-71-79(100-83(88)67-60-53-44-39-34-28-25-22-19-18-20-23-26-31-36-41-48-55-62-75(2)3)73-98-102(90,91)96-69-78(85)70-97-103(92,93)99-74-80(72-95-82(87)66-59-52-47-46-50-57-64-77(6)7)101-84(89)68-61-54-45-40-35-30-29-32-37-42-49-56-63-76(4)5/h75-80,85H,8-74H2,1-7H3,(H,90,91)(H,92,93)/t78-,79-,80-/m1/s1. The fraction of sp³-hybridized carbons (Fsp3) is 0.952. The molecule has 0 heterocycles. The lowest BCUT2D eigenvalue weighted by atomic mass is 10.0. The van der Waals surface area contributed by atoms with Crippen LogP contribution in [0.5, 0.6) is 0 Å². The minimum atomic E-state index is -4.96. The summed E-state index contributed by atoms with van der Waals surface area (Å²) in [5, 5.41) is 10.7. The fourth-order valence-electron chi connectivity index (χ4n) is 13.0. The number of carbonyl (C=O) groups is 4. The Labute approximate surface area is 632 Å². The van der Waals surface area contributed by atoms with Crippen molar-refractivity contribution in [1.29, 1.82) is 0 Å². The van der Waals surface area contributed by atoms with Gasteiger partial charge in [0.1, 0.15) is 19.3 Å². The van der Waals surface area contributed by atoms with Gasteiger partial charge in [-0.05, 0) is 43.4 Å². The van der Waals surface area contributed by atoms with Gasteiger partial charge in [0.2, 0.25) is 0 Å². The minimum absolute atomic E-state index is 0.106. The number of phosphoric ester groups is 2. The van der Waals surface area contributed by atoms with Crippen LogP contribution in [0.1, 0.15) is 440 Å². The third-order valence-electron chi connectivity index (χ3n) is 19.6. The van der Waals surface area contributed by atoms with Gasteiger partial charge in [-0.3, -0.25) is 37.3 Å². The Kier molecular flexibility index (Phi) is 72.8. The summed E-state index contributed by atoms with van der Waals surface area (Å²) in [6, 6.07) is 0. The lowest BCUT2D eigenvalue weighted by Crippen LogP contribution is -2.30. The van der Waals surface area contributed by atoms with E-state index in [1.54, 1.807) is 0 Å². The smallest absolute Gasteiger partial charge is 0.462 e. The van der Waals surface area contributed by atoms with Gasteiger partial charge in [-0.15, -0.1) is 0 Å². The Morgan fingerprint density at radius 3 is 0.660 bits per heavy atom. The molecule has 0 rings (SSSR count). The monoisotopic (exact) mass is 1510 g/mol. The van der Waals surface area contributed by atoms with Crippen molar-refractivity contribution in [2.75, 3.05) is 39.6 Å². The largest absolute Gasteiger partial charge is 0.472 e. The van der Waals surface area contributed by atoms with Crippen molar-refractivity contribution < 1.29 is 80.2 Å². The number of phosphoric acid groups is 2. The second-order valence-corrected chi connectivity index (χ2v) is 34.6. The lowest BCUT2D eigenvalue weighted by molar-refractivity contribution is -0.161. The van der Waals surface area contributed by atoms with Crippen LogP contribution < -0.4 is 0 Å². The van der Waals surface area contributed by atoms with Gasteiger partial charge in [-0.1, -0.05) is 389 Å². The number of hydrogen-bond acceptors (Lipinski definition) is 15. The van der Waals surface area contributed by atoms with E-state index in [-0.39, 0.29) is 25.7 Å². The average molecular weight is 1510 g/mol. The highest BCUT2D eigenvalue weighted by Crippen LogP contribution is 2.45. The Morgan fingerprint density at radius 1 is 0.262 bits per heavy atom. The van der Waals surface area contributed by atoms with Crippen LogP contribution in [0.25, 0.3) is 0 Å². The molecule has 0 aliphatic carbocycles. The topological polar surface area (TPSA) is 237 Å². The van der Waals surface area contributed by atoms with Gasteiger partial charge in [0.05, 0.1) is 26.4 Å². The fourth-order valence-corrected chi connectivity index (χ4v) is 14.6. The van der Waals surface area contributed by atoms with Crippen molar-refractivity contribution in [3.05, 3.63) is 0 Å². The number of esters is 4. The molecule has 0 bridgehead atoms. The normalized spacial score (nSPS) is 13.9. The quantitative estimate of drug-likeness (QED) is 0.0222. The number of rotatable bonds is 82. The summed E-state index contributed by atoms with van der Waals surface area (Å²) in [5.74, 6) is 0.167. The van der Waals surface area contributed by atoms with Crippen molar-refractivity contribution >= 4 is 39.5 Å². The molecule has 5 atom stereocenters. The third kappa shape index (κ3) is 78.0. The molecule has 0 radical (unpaired) electrons. The first-order valence-corrected chi connectivity index (χ1v) is 46.3. The van der Waals surface area contributed by atoms with E-state index in [2.05, 4.69) is 48.5 Å². The van der Waals surface area contributed by atoms with E-state index in [9.17, 15) is 43.2 Å². The predicted octanol–water partition coefficient (Wildman–Crippen LogP) is 25.3. The van der Waals surface area contributed by atoms with E-state index in [0.717, 1.165) is 108 Å². The van der Waals surface area contributed by atoms with Crippen molar-refractivity contribution in [1.82, 2.24) is 0 Å². The summed E-state index contributed by atoms with van der Waals surface area (Å²) in [4.78, 5) is 73.1. The first-order valence-electron chi connectivity index (χ1n) is 43.3. The second-order valence-electron chi connectivity index (χ2n) is 31.6. The van der Waals surface area contributed by atoms with E-state index in [0.29, 0.717) is 31.6 Å². The summed E-state index contributed by atoms with van der Waals surface area (Å²) in [7, 11) is -9.92. The van der Waals surface area contributed by atoms with Gasteiger partial charge in [0.15, 0.2) is 12.2 Å². The van der Waals surface area contributed by atoms with Crippen molar-refractivity contribution in [3.8, 4) is 0 Å². The first kappa shape index (κ1) is 101. The molecule has 0 aromatic rings. The van der Waals surface area contributed by atoms with E-state index < -0.39 is 97.5 Å². The maximum atomic E-state index is 13.1. The molecule has 103 heavy (non-hydrogen) atoms. The lowest BCUT2D eigenvalue weighted by Gasteiger charge is -2.21. The molecule has 2 unspecified atom stereocenters. The Morgan fingerprint density at radius 2 is 0.447 bits per heavy atom. The van der Waals surface area contributed by atoms with Gasteiger partial charge >= 0.3 is 39.5 Å². The summed E-state index contributed by atoms with van der Waals surface area (Å²) >= 11 is 0. The molecule has 0 amide bonds. The number of aliphatic hydroxyl groups is 1. The van der Waals surface area contributed by atoms with Crippen LogP contribution in [0.2, 0.25) is 0 Å². The van der Waals surface area contributed by atoms with Crippen LogP contribution in [0.4, 0.5) is 0 Å². The molecule has 17 nitrogen and oxygen atoms in total. The second kappa shape index (κ2) is 74.2. The van der Waals surface area contributed by atoms with Crippen LogP contribution >= 0.6 is 15.6 Å². The van der Waals surface area contributed by atoms with Crippen LogP contribution in [-0.4, -0.2) is 96.7 Å². The van der Waals surface area contributed by atoms with Gasteiger partial charge in [-0.2, -0.15) is 0 Å². The molecule has 19 heteroatoms. The zero-order chi connectivity index (χ0) is 75.8. The molecule has 0 saturated carbocycles. The molecule has 0 fully saturated rings. The molecule has 0 spiro atoms. The van der Waals surface area contributed by atoms with Crippen LogP contribution in [0.3, 0.4) is 0 Å². The van der Waals surface area contributed by atoms with Gasteiger partial charge in [-0.25, -0.2) is 9.13 Å². The number of aliphatic hydroxyl groups excluding tert-OH is 1. The zero-order valence-corrected chi connectivity index (χ0v) is 69.6. The number of ether oxygens (including phenoxy) is 4. The maximum absolute atomic E-state index is 13.1. The Balaban J connectivity index is 5.21.